The van der Waals surface area contributed by atoms with E-state index < -0.39 is 6.10 Å². The molecule has 0 fully saturated rings. The third-order valence-electron chi connectivity index (χ3n) is 5.51. The van der Waals surface area contributed by atoms with E-state index in [2.05, 4.69) is 22.4 Å². The molecule has 2 N–H and O–H groups in total. The molecule has 0 amide bonds. The molecule has 1 aromatic heterocycles. The van der Waals surface area contributed by atoms with Crippen molar-refractivity contribution in [3.8, 4) is 17.1 Å². The summed E-state index contributed by atoms with van der Waals surface area (Å²) in [5.74, 6) is 2.18. The van der Waals surface area contributed by atoms with Gasteiger partial charge in [-0.25, -0.2) is 9.97 Å². The highest BCUT2D eigenvalue weighted by atomic mass is 16.5. The van der Waals surface area contributed by atoms with Crippen molar-refractivity contribution >= 4 is 11.4 Å². The van der Waals surface area contributed by atoms with Crippen molar-refractivity contribution in [3.05, 3.63) is 42.1 Å². The second-order valence-electron chi connectivity index (χ2n) is 8.08. The zero-order valence-corrected chi connectivity index (χ0v) is 19.9. The Morgan fingerprint density at radius 1 is 1.12 bits per heavy atom. The van der Waals surface area contributed by atoms with Crippen molar-refractivity contribution in [1.82, 2.24) is 15.3 Å². The van der Waals surface area contributed by atoms with Crippen molar-refractivity contribution in [3.63, 3.8) is 0 Å². The predicted molar refractivity (Wildman–Crippen MR) is 131 cm³/mol. The summed E-state index contributed by atoms with van der Waals surface area (Å²) < 4.78 is 16.4. The number of aliphatic hydroxyl groups excluding tert-OH is 1. The van der Waals surface area contributed by atoms with Gasteiger partial charge in [0, 0.05) is 45.5 Å². The largest absolute Gasteiger partial charge is 0.491 e. The fourth-order valence-electron chi connectivity index (χ4n) is 3.75. The van der Waals surface area contributed by atoms with E-state index in [-0.39, 0.29) is 6.61 Å². The second kappa shape index (κ2) is 13.3. The second-order valence-corrected chi connectivity index (χ2v) is 8.08. The Morgan fingerprint density at radius 2 is 1.91 bits per heavy atom. The van der Waals surface area contributed by atoms with Gasteiger partial charge in [-0.15, -0.1) is 0 Å². The molecule has 3 rings (SSSR count). The van der Waals surface area contributed by atoms with E-state index in [1.165, 1.54) is 5.57 Å². The minimum atomic E-state index is -0.575. The summed E-state index contributed by atoms with van der Waals surface area (Å²) in [5.41, 5.74) is 3.10. The number of aliphatic hydroxyl groups is 1. The third kappa shape index (κ3) is 7.50. The SMILES string of the molecule is CNCC(O)COc1cccc(-c2nc(C3=CCCC3)cc(N(CCOC)CCOC)n2)c1. The normalized spacial score (nSPS) is 14.2. The van der Waals surface area contributed by atoms with E-state index in [9.17, 15) is 5.11 Å². The molecule has 1 atom stereocenters. The molecule has 0 saturated carbocycles. The molecule has 2 aromatic rings. The Kier molecular flexibility index (Phi) is 10.1. The lowest BCUT2D eigenvalue weighted by Gasteiger charge is -2.24. The highest BCUT2D eigenvalue weighted by Gasteiger charge is 2.17. The monoisotopic (exact) mass is 456 g/mol. The summed E-state index contributed by atoms with van der Waals surface area (Å²) in [5, 5.41) is 12.9. The van der Waals surface area contributed by atoms with E-state index in [0.717, 1.165) is 36.3 Å². The van der Waals surface area contributed by atoms with Crippen molar-refractivity contribution in [1.29, 1.82) is 0 Å². The number of nitrogens with zero attached hydrogens (tertiary/aromatic N) is 3. The van der Waals surface area contributed by atoms with E-state index in [1.807, 2.05) is 24.3 Å². The molecule has 1 aliphatic carbocycles. The van der Waals surface area contributed by atoms with E-state index in [0.29, 0.717) is 44.4 Å². The van der Waals surface area contributed by atoms with Crippen LogP contribution in [0.15, 0.2) is 36.4 Å². The number of hydrogen-bond acceptors (Lipinski definition) is 8. The number of likely N-dealkylation sites (N-methyl/N-ethyl adjacent to an activating group) is 1. The summed E-state index contributed by atoms with van der Waals surface area (Å²) in [4.78, 5) is 12.0. The number of rotatable bonds is 14. The number of aromatic nitrogens is 2. The summed E-state index contributed by atoms with van der Waals surface area (Å²) in [7, 11) is 5.20. The van der Waals surface area contributed by atoms with E-state index >= 15 is 0 Å². The molecule has 0 saturated heterocycles. The number of benzene rings is 1. The van der Waals surface area contributed by atoms with Crippen molar-refractivity contribution < 1.29 is 19.3 Å². The number of anilines is 1. The van der Waals surface area contributed by atoms with Gasteiger partial charge < -0.3 is 29.5 Å². The summed E-state index contributed by atoms with van der Waals surface area (Å²) in [6, 6.07) is 9.78. The van der Waals surface area contributed by atoms with Crippen LogP contribution >= 0.6 is 0 Å². The van der Waals surface area contributed by atoms with Crippen LogP contribution in [0.25, 0.3) is 17.0 Å². The Labute approximate surface area is 196 Å². The molecule has 1 heterocycles. The number of methoxy groups -OCH3 is 2. The van der Waals surface area contributed by atoms with Gasteiger partial charge in [0.1, 0.15) is 24.3 Å². The topological polar surface area (TPSA) is 89.0 Å². The lowest BCUT2D eigenvalue weighted by atomic mass is 10.1. The average Bonchev–Trinajstić information content (AvgIpc) is 3.38. The highest BCUT2D eigenvalue weighted by molar-refractivity contribution is 5.70. The summed E-state index contributed by atoms with van der Waals surface area (Å²) in [6.45, 7) is 3.30. The molecule has 0 bridgehead atoms. The van der Waals surface area contributed by atoms with Gasteiger partial charge in [0.2, 0.25) is 0 Å². The molecule has 0 aliphatic heterocycles. The first-order valence-corrected chi connectivity index (χ1v) is 11.5. The standard InChI is InChI=1S/C25H36N4O4/c1-26-17-21(30)18-33-22-10-6-9-20(15-22)25-27-23(19-7-4-5-8-19)16-24(28-25)29(11-13-31-2)12-14-32-3/h6-7,9-10,15-16,21,26,30H,4-5,8,11-14,17-18H2,1-3H3. The van der Waals surface area contributed by atoms with Crippen LogP contribution in [0.2, 0.25) is 0 Å². The zero-order valence-electron chi connectivity index (χ0n) is 19.9. The van der Waals surface area contributed by atoms with Gasteiger partial charge in [0.05, 0.1) is 18.9 Å². The van der Waals surface area contributed by atoms with Crippen LogP contribution in [0, 0.1) is 0 Å². The molecule has 0 spiro atoms. The maximum Gasteiger partial charge on any atom is 0.162 e. The first-order valence-electron chi connectivity index (χ1n) is 11.5. The Bertz CT molecular complexity index is 898. The van der Waals surface area contributed by atoms with Gasteiger partial charge in [-0.1, -0.05) is 18.2 Å². The molecule has 1 unspecified atom stereocenters. The first kappa shape index (κ1) is 25.1. The molecular weight excluding hydrogens is 420 g/mol. The minimum absolute atomic E-state index is 0.213. The first-order chi connectivity index (χ1) is 16.1. The van der Waals surface area contributed by atoms with Crippen LogP contribution in [0.3, 0.4) is 0 Å². The molecular formula is C25H36N4O4. The molecule has 1 aliphatic rings. The van der Waals surface area contributed by atoms with Gasteiger partial charge in [0.15, 0.2) is 5.82 Å². The Morgan fingerprint density at radius 3 is 2.58 bits per heavy atom. The van der Waals surface area contributed by atoms with E-state index in [1.54, 1.807) is 21.3 Å². The lowest BCUT2D eigenvalue weighted by Crippen LogP contribution is -2.31. The molecule has 0 radical (unpaired) electrons. The maximum absolute atomic E-state index is 9.95. The van der Waals surface area contributed by atoms with Crippen LogP contribution < -0.4 is 15.0 Å². The van der Waals surface area contributed by atoms with Crippen molar-refractivity contribution in [2.45, 2.75) is 25.4 Å². The molecule has 33 heavy (non-hydrogen) atoms. The van der Waals surface area contributed by atoms with Gasteiger partial charge in [-0.2, -0.15) is 0 Å². The summed E-state index contributed by atoms with van der Waals surface area (Å²) >= 11 is 0. The van der Waals surface area contributed by atoms with Crippen LogP contribution in [0.5, 0.6) is 5.75 Å². The van der Waals surface area contributed by atoms with Gasteiger partial charge in [-0.05, 0) is 44.0 Å². The quantitative estimate of drug-likeness (QED) is 0.449. The van der Waals surface area contributed by atoms with Crippen LogP contribution in [0.4, 0.5) is 5.82 Å². The Hall–Kier alpha value is -2.52. The predicted octanol–water partition coefficient (Wildman–Crippen LogP) is 2.77. The number of allylic oxidation sites excluding steroid dienone is 2. The highest BCUT2D eigenvalue weighted by Crippen LogP contribution is 2.31. The smallest absolute Gasteiger partial charge is 0.162 e. The van der Waals surface area contributed by atoms with Crippen molar-refractivity contribution in [2.75, 3.05) is 65.6 Å². The van der Waals surface area contributed by atoms with E-state index in [4.69, 9.17) is 24.2 Å². The summed E-state index contributed by atoms with van der Waals surface area (Å²) in [6.07, 6.45) is 4.96. The molecule has 8 nitrogen and oxygen atoms in total. The van der Waals surface area contributed by atoms with Crippen LogP contribution in [-0.2, 0) is 9.47 Å². The lowest BCUT2D eigenvalue weighted by molar-refractivity contribution is 0.108. The van der Waals surface area contributed by atoms with Crippen LogP contribution in [-0.4, -0.2) is 81.9 Å². The minimum Gasteiger partial charge on any atom is -0.491 e. The maximum atomic E-state index is 9.95. The van der Waals surface area contributed by atoms with Crippen molar-refractivity contribution in [2.24, 2.45) is 0 Å². The van der Waals surface area contributed by atoms with Gasteiger partial charge in [0.25, 0.3) is 0 Å². The number of nitrogens with one attached hydrogen (secondary N) is 1. The zero-order chi connectivity index (χ0) is 23.5. The van der Waals surface area contributed by atoms with Gasteiger partial charge >= 0.3 is 0 Å². The van der Waals surface area contributed by atoms with Crippen LogP contribution in [0.1, 0.15) is 25.0 Å². The molecule has 180 valence electrons. The number of hydrogen-bond donors (Lipinski definition) is 2. The molecule has 1 aromatic carbocycles. The molecule has 8 heteroatoms. The number of ether oxygens (including phenoxy) is 3. The average molecular weight is 457 g/mol. The van der Waals surface area contributed by atoms with Gasteiger partial charge in [-0.3, -0.25) is 0 Å². The third-order valence-corrected chi connectivity index (χ3v) is 5.51. The fraction of sp³-hybridized carbons (Fsp3) is 0.520. The Balaban J connectivity index is 1.92. The fourth-order valence-corrected chi connectivity index (χ4v) is 3.75.